The standard InChI is InChI=1S/C23H36N4O4S/c28-22(25-19-10-4-2-1-3-5-11-19)18-9-8-14-27(17-18)32(30,31)20-15-21(24-16-20)23(29)26-12-6-7-13-26/h15-16,18-19,24H,1-14,17H2,(H,25,28)/t18-/m0/s1. The molecule has 3 aliphatic rings. The van der Waals surface area contributed by atoms with E-state index in [0.29, 0.717) is 38.2 Å². The van der Waals surface area contributed by atoms with E-state index in [4.69, 9.17) is 0 Å². The smallest absolute Gasteiger partial charge is 0.270 e. The monoisotopic (exact) mass is 464 g/mol. The molecule has 0 bridgehead atoms. The van der Waals surface area contributed by atoms with Crippen LogP contribution in [0.1, 0.15) is 81.1 Å². The lowest BCUT2D eigenvalue weighted by atomic mass is 9.94. The van der Waals surface area contributed by atoms with E-state index in [2.05, 4.69) is 10.3 Å². The number of carbonyl (C=O) groups excluding carboxylic acids is 2. The number of H-pyrrole nitrogens is 1. The number of hydrogen-bond donors (Lipinski definition) is 2. The maximum atomic E-state index is 13.2. The van der Waals surface area contributed by atoms with E-state index in [0.717, 1.165) is 38.5 Å². The van der Waals surface area contributed by atoms with Gasteiger partial charge in [0.25, 0.3) is 5.91 Å². The Morgan fingerprint density at radius 2 is 1.59 bits per heavy atom. The molecular formula is C23H36N4O4S. The SMILES string of the molecule is O=C(NC1CCCCCCC1)[C@H]1CCCN(S(=O)(=O)c2c[nH]c(C(=O)N3CCCC3)c2)C1. The van der Waals surface area contributed by atoms with Crippen LogP contribution in [0.25, 0.3) is 0 Å². The molecule has 2 aliphatic heterocycles. The Labute approximate surface area is 191 Å². The van der Waals surface area contributed by atoms with Crippen molar-refractivity contribution in [2.24, 2.45) is 5.92 Å². The van der Waals surface area contributed by atoms with Crippen molar-refractivity contribution in [3.05, 3.63) is 18.0 Å². The highest BCUT2D eigenvalue weighted by molar-refractivity contribution is 7.89. The summed E-state index contributed by atoms with van der Waals surface area (Å²) in [6, 6.07) is 1.65. The van der Waals surface area contributed by atoms with Crippen molar-refractivity contribution >= 4 is 21.8 Å². The van der Waals surface area contributed by atoms with E-state index in [1.54, 1.807) is 4.90 Å². The molecule has 0 unspecified atom stereocenters. The van der Waals surface area contributed by atoms with Gasteiger partial charge in [-0.1, -0.05) is 32.1 Å². The van der Waals surface area contributed by atoms with Crippen molar-refractivity contribution in [1.82, 2.24) is 19.5 Å². The maximum Gasteiger partial charge on any atom is 0.270 e. The van der Waals surface area contributed by atoms with Crippen molar-refractivity contribution in [1.29, 1.82) is 0 Å². The van der Waals surface area contributed by atoms with Crippen molar-refractivity contribution in [3.63, 3.8) is 0 Å². The van der Waals surface area contributed by atoms with Gasteiger partial charge in [0.15, 0.2) is 0 Å². The lowest BCUT2D eigenvalue weighted by Crippen LogP contribution is -2.47. The predicted molar refractivity (Wildman–Crippen MR) is 122 cm³/mol. The molecule has 0 radical (unpaired) electrons. The van der Waals surface area contributed by atoms with Gasteiger partial charge in [0, 0.05) is 38.4 Å². The Hall–Kier alpha value is -1.87. The van der Waals surface area contributed by atoms with Crippen molar-refractivity contribution in [2.45, 2.75) is 81.6 Å². The number of nitrogens with one attached hydrogen (secondary N) is 2. The van der Waals surface area contributed by atoms with Gasteiger partial charge in [-0.05, 0) is 44.6 Å². The summed E-state index contributed by atoms with van der Waals surface area (Å²) in [5.41, 5.74) is 0.307. The second-order valence-corrected chi connectivity index (χ2v) is 11.4. The van der Waals surface area contributed by atoms with Crippen molar-refractivity contribution in [2.75, 3.05) is 26.2 Å². The molecule has 1 atom stereocenters. The fourth-order valence-corrected chi connectivity index (χ4v) is 6.70. The Bertz CT molecular complexity index is 899. The second-order valence-electron chi connectivity index (χ2n) is 9.50. The molecule has 3 heterocycles. The number of amides is 2. The Balaban J connectivity index is 1.38. The van der Waals surface area contributed by atoms with Gasteiger partial charge < -0.3 is 15.2 Å². The molecule has 1 aromatic heterocycles. The highest BCUT2D eigenvalue weighted by Gasteiger charge is 2.35. The molecule has 3 fully saturated rings. The maximum absolute atomic E-state index is 13.2. The van der Waals surface area contributed by atoms with Crippen LogP contribution in [0, 0.1) is 5.92 Å². The van der Waals surface area contributed by atoms with Crippen LogP contribution in [-0.2, 0) is 14.8 Å². The first-order valence-corrected chi connectivity index (χ1v) is 13.7. The minimum absolute atomic E-state index is 0.0190. The van der Waals surface area contributed by atoms with Crippen molar-refractivity contribution in [3.8, 4) is 0 Å². The first kappa shape index (κ1) is 23.3. The van der Waals surface area contributed by atoms with Gasteiger partial charge in [0.2, 0.25) is 15.9 Å². The predicted octanol–water partition coefficient (Wildman–Crippen LogP) is 2.88. The van der Waals surface area contributed by atoms with E-state index >= 15 is 0 Å². The van der Waals surface area contributed by atoms with Gasteiger partial charge in [-0.3, -0.25) is 9.59 Å². The van der Waals surface area contributed by atoms with Gasteiger partial charge in [0.1, 0.15) is 10.6 Å². The van der Waals surface area contributed by atoms with Crippen LogP contribution >= 0.6 is 0 Å². The zero-order valence-corrected chi connectivity index (χ0v) is 19.7. The molecule has 2 amide bonds. The molecule has 1 aliphatic carbocycles. The van der Waals surface area contributed by atoms with Crippen LogP contribution in [0.2, 0.25) is 0 Å². The largest absolute Gasteiger partial charge is 0.356 e. The summed E-state index contributed by atoms with van der Waals surface area (Å²) in [7, 11) is -3.76. The third-order valence-electron chi connectivity index (χ3n) is 7.12. The molecule has 0 spiro atoms. The second kappa shape index (κ2) is 10.4. The topological polar surface area (TPSA) is 103 Å². The normalized spacial score (nSPS) is 24.1. The van der Waals surface area contributed by atoms with E-state index in [1.165, 1.54) is 35.8 Å². The van der Waals surface area contributed by atoms with Gasteiger partial charge in [-0.25, -0.2) is 8.42 Å². The number of likely N-dealkylation sites (tertiary alicyclic amines) is 1. The third-order valence-corrected chi connectivity index (χ3v) is 8.97. The quantitative estimate of drug-likeness (QED) is 0.699. The molecular weight excluding hydrogens is 428 g/mol. The highest BCUT2D eigenvalue weighted by Crippen LogP contribution is 2.26. The van der Waals surface area contributed by atoms with Crippen LogP contribution in [0.5, 0.6) is 0 Å². The number of piperidine rings is 1. The number of rotatable bonds is 5. The number of aromatic nitrogens is 1. The Kier molecular flexibility index (Phi) is 7.55. The number of sulfonamides is 1. The lowest BCUT2D eigenvalue weighted by molar-refractivity contribution is -0.126. The van der Waals surface area contributed by atoms with Crippen LogP contribution in [-0.4, -0.2) is 66.6 Å². The van der Waals surface area contributed by atoms with E-state index < -0.39 is 10.0 Å². The average molecular weight is 465 g/mol. The summed E-state index contributed by atoms with van der Waals surface area (Å²) in [5, 5.41) is 3.20. The molecule has 1 saturated carbocycles. The highest BCUT2D eigenvalue weighted by atomic mass is 32.2. The molecule has 1 aromatic rings. The summed E-state index contributed by atoms with van der Waals surface area (Å²) >= 11 is 0. The summed E-state index contributed by atoms with van der Waals surface area (Å²) in [6.45, 7) is 2.02. The molecule has 0 aromatic carbocycles. The Morgan fingerprint density at radius 1 is 0.906 bits per heavy atom. The van der Waals surface area contributed by atoms with Crippen molar-refractivity contribution < 1.29 is 18.0 Å². The van der Waals surface area contributed by atoms with Crippen LogP contribution in [0.4, 0.5) is 0 Å². The summed E-state index contributed by atoms with van der Waals surface area (Å²) in [4.78, 5) is 30.2. The fourth-order valence-electron chi connectivity index (χ4n) is 5.18. The number of nitrogens with zero attached hydrogens (tertiary/aromatic N) is 2. The van der Waals surface area contributed by atoms with E-state index in [9.17, 15) is 18.0 Å². The van der Waals surface area contributed by atoms with Gasteiger partial charge in [-0.2, -0.15) is 4.31 Å². The van der Waals surface area contributed by atoms with Gasteiger partial charge >= 0.3 is 0 Å². The van der Waals surface area contributed by atoms with Gasteiger partial charge in [0.05, 0.1) is 5.92 Å². The fraction of sp³-hybridized carbons (Fsp3) is 0.739. The molecule has 9 heteroatoms. The third kappa shape index (κ3) is 5.36. The first-order valence-electron chi connectivity index (χ1n) is 12.2. The summed E-state index contributed by atoms with van der Waals surface area (Å²) in [6.07, 6.45) is 12.8. The van der Waals surface area contributed by atoms with E-state index in [1.807, 2.05) is 0 Å². The average Bonchev–Trinajstić information content (AvgIpc) is 3.48. The number of aromatic amines is 1. The molecule has 32 heavy (non-hydrogen) atoms. The zero-order valence-electron chi connectivity index (χ0n) is 18.9. The zero-order chi connectivity index (χ0) is 22.6. The summed E-state index contributed by atoms with van der Waals surface area (Å²) in [5.74, 6) is -0.498. The molecule has 4 rings (SSSR count). The van der Waals surface area contributed by atoms with Crippen LogP contribution in [0.3, 0.4) is 0 Å². The minimum atomic E-state index is -3.76. The van der Waals surface area contributed by atoms with Gasteiger partial charge in [-0.15, -0.1) is 0 Å². The molecule has 178 valence electrons. The Morgan fingerprint density at radius 3 is 2.31 bits per heavy atom. The van der Waals surface area contributed by atoms with Crippen LogP contribution < -0.4 is 5.32 Å². The lowest BCUT2D eigenvalue weighted by Gasteiger charge is -2.32. The molecule has 2 N–H and O–H groups in total. The summed E-state index contributed by atoms with van der Waals surface area (Å²) < 4.78 is 27.9. The molecule has 8 nitrogen and oxygen atoms in total. The first-order chi connectivity index (χ1) is 15.4. The molecule has 2 saturated heterocycles. The van der Waals surface area contributed by atoms with Crippen LogP contribution in [0.15, 0.2) is 17.2 Å². The minimum Gasteiger partial charge on any atom is -0.356 e. The van der Waals surface area contributed by atoms with E-state index in [-0.39, 0.29) is 35.2 Å². The number of carbonyl (C=O) groups is 2. The number of hydrogen-bond acceptors (Lipinski definition) is 4.